The van der Waals surface area contributed by atoms with Crippen molar-refractivity contribution in [1.29, 1.82) is 5.26 Å². The first kappa shape index (κ1) is 18.2. The molecule has 1 aliphatic rings. The largest absolute Gasteiger partial charge is 0.426 e. The van der Waals surface area contributed by atoms with Crippen LogP contribution >= 0.6 is 11.8 Å². The number of ether oxygens (including phenoxy) is 1. The Morgan fingerprint density at radius 1 is 1.27 bits per heavy atom. The molecule has 0 radical (unpaired) electrons. The van der Waals surface area contributed by atoms with Crippen molar-refractivity contribution in [2.24, 2.45) is 5.92 Å². The molecule has 0 atom stereocenters. The van der Waals surface area contributed by atoms with E-state index in [0.717, 1.165) is 25.7 Å². The van der Waals surface area contributed by atoms with E-state index in [1.54, 1.807) is 30.5 Å². The lowest BCUT2D eigenvalue weighted by molar-refractivity contribution is -0.139. The van der Waals surface area contributed by atoms with Crippen LogP contribution in [0.4, 0.5) is 0 Å². The van der Waals surface area contributed by atoms with E-state index >= 15 is 0 Å². The molecule has 0 amide bonds. The number of aromatic amines is 1. The maximum atomic E-state index is 12.2. The average molecular weight is 369 g/mol. The topological polar surface area (TPSA) is 95.8 Å². The van der Waals surface area contributed by atoms with Gasteiger partial charge in [-0.3, -0.25) is 9.59 Å². The fourth-order valence-electron chi connectivity index (χ4n) is 3.08. The Morgan fingerprint density at radius 2 is 1.96 bits per heavy atom. The zero-order chi connectivity index (χ0) is 18.5. The summed E-state index contributed by atoms with van der Waals surface area (Å²) in [4.78, 5) is 31.1. The van der Waals surface area contributed by atoms with Gasteiger partial charge in [-0.2, -0.15) is 5.26 Å². The molecule has 1 fully saturated rings. The predicted octanol–water partition coefficient (Wildman–Crippen LogP) is 3.52. The minimum atomic E-state index is -0.463. The van der Waals surface area contributed by atoms with E-state index in [1.807, 2.05) is 6.07 Å². The maximum absolute atomic E-state index is 12.2. The number of carbonyl (C=O) groups excluding carboxylic acids is 1. The van der Waals surface area contributed by atoms with Crippen molar-refractivity contribution in [2.45, 2.75) is 37.3 Å². The second-order valence-corrected chi connectivity index (χ2v) is 6.99. The Hall–Kier alpha value is -2.59. The Labute approximate surface area is 155 Å². The summed E-state index contributed by atoms with van der Waals surface area (Å²) in [6.45, 7) is 0. The van der Waals surface area contributed by atoms with Gasteiger partial charge in [0.15, 0.2) is 5.16 Å². The third kappa shape index (κ3) is 3.97. The smallest absolute Gasteiger partial charge is 0.314 e. The normalized spacial score (nSPS) is 14.6. The molecule has 3 rings (SSSR count). The van der Waals surface area contributed by atoms with Crippen molar-refractivity contribution in [1.82, 2.24) is 9.97 Å². The molecule has 7 heteroatoms. The third-order valence-electron chi connectivity index (χ3n) is 4.49. The number of H-pyrrole nitrogens is 1. The molecule has 1 heterocycles. The number of esters is 1. The molecule has 26 heavy (non-hydrogen) atoms. The molecule has 0 saturated heterocycles. The molecule has 134 valence electrons. The molecule has 0 aliphatic heterocycles. The van der Waals surface area contributed by atoms with Crippen LogP contribution in [0.2, 0.25) is 0 Å². The molecular formula is C19H19N3O3S. The van der Waals surface area contributed by atoms with Gasteiger partial charge in [-0.25, -0.2) is 4.98 Å². The predicted molar refractivity (Wildman–Crippen MR) is 99.0 cm³/mol. The highest BCUT2D eigenvalue weighted by molar-refractivity contribution is 7.98. The van der Waals surface area contributed by atoms with Crippen molar-refractivity contribution in [3.63, 3.8) is 0 Å². The Morgan fingerprint density at radius 3 is 2.58 bits per heavy atom. The van der Waals surface area contributed by atoms with Crippen LogP contribution in [0.5, 0.6) is 5.75 Å². The van der Waals surface area contributed by atoms with Crippen molar-refractivity contribution in [3.8, 4) is 23.1 Å². The number of nitrogens with one attached hydrogen (secondary N) is 1. The summed E-state index contributed by atoms with van der Waals surface area (Å²) in [5.41, 5.74) is 0.454. The van der Waals surface area contributed by atoms with E-state index in [2.05, 4.69) is 9.97 Å². The first-order chi connectivity index (χ1) is 12.6. The molecule has 1 saturated carbocycles. The minimum Gasteiger partial charge on any atom is -0.426 e. The molecule has 1 aromatic heterocycles. The van der Waals surface area contributed by atoms with E-state index in [4.69, 9.17) is 4.74 Å². The van der Waals surface area contributed by atoms with Gasteiger partial charge >= 0.3 is 5.97 Å². The number of nitriles is 1. The zero-order valence-electron chi connectivity index (χ0n) is 14.4. The summed E-state index contributed by atoms with van der Waals surface area (Å²) in [5, 5.41) is 9.70. The van der Waals surface area contributed by atoms with Crippen LogP contribution in [0, 0.1) is 17.2 Å². The lowest BCUT2D eigenvalue weighted by Gasteiger charge is -2.19. The van der Waals surface area contributed by atoms with Crippen LogP contribution in [0.15, 0.2) is 34.2 Å². The zero-order valence-corrected chi connectivity index (χ0v) is 15.3. The molecule has 1 N–H and O–H groups in total. The number of aromatic nitrogens is 2. The molecule has 6 nitrogen and oxygen atoms in total. The van der Waals surface area contributed by atoms with Crippen LogP contribution in [0.25, 0.3) is 11.3 Å². The summed E-state index contributed by atoms with van der Waals surface area (Å²) < 4.78 is 5.47. The van der Waals surface area contributed by atoms with E-state index in [9.17, 15) is 14.9 Å². The second-order valence-electron chi connectivity index (χ2n) is 6.19. The molecule has 1 aromatic carbocycles. The number of nitrogens with zero attached hydrogens (tertiary/aromatic N) is 2. The van der Waals surface area contributed by atoms with Gasteiger partial charge in [-0.15, -0.1) is 0 Å². The molecular weight excluding hydrogens is 350 g/mol. The van der Waals surface area contributed by atoms with Crippen molar-refractivity contribution >= 4 is 17.7 Å². The first-order valence-electron chi connectivity index (χ1n) is 8.53. The molecule has 0 spiro atoms. The van der Waals surface area contributed by atoms with Gasteiger partial charge in [-0.05, 0) is 43.4 Å². The summed E-state index contributed by atoms with van der Waals surface area (Å²) in [6.07, 6.45) is 6.89. The van der Waals surface area contributed by atoms with Gasteiger partial charge in [0.2, 0.25) is 0 Å². The van der Waals surface area contributed by atoms with E-state index in [1.165, 1.54) is 18.2 Å². The van der Waals surface area contributed by atoms with E-state index < -0.39 is 5.56 Å². The highest BCUT2D eigenvalue weighted by atomic mass is 32.2. The Bertz CT molecular complexity index is 894. The van der Waals surface area contributed by atoms with E-state index in [0.29, 0.717) is 22.2 Å². The van der Waals surface area contributed by atoms with Gasteiger partial charge in [0.05, 0.1) is 11.6 Å². The Kier molecular flexibility index (Phi) is 5.74. The molecule has 0 unspecified atom stereocenters. The number of thioether (sulfide) groups is 1. The highest BCUT2D eigenvalue weighted by Gasteiger charge is 2.23. The van der Waals surface area contributed by atoms with Crippen LogP contribution in [-0.4, -0.2) is 22.2 Å². The van der Waals surface area contributed by atoms with Gasteiger partial charge in [0.25, 0.3) is 5.56 Å². The number of benzene rings is 1. The lowest BCUT2D eigenvalue weighted by atomic mass is 9.89. The van der Waals surface area contributed by atoms with Crippen molar-refractivity contribution in [2.75, 3.05) is 6.26 Å². The summed E-state index contributed by atoms with van der Waals surface area (Å²) >= 11 is 1.29. The summed E-state index contributed by atoms with van der Waals surface area (Å²) in [7, 11) is 0. The standard InChI is InChI=1S/C19H19N3O3S/c1-26-19-21-16(15(11-20)17(23)22-19)12-7-9-14(10-8-12)25-18(24)13-5-3-2-4-6-13/h7-10,13H,2-6H2,1H3,(H,21,22,23). The maximum Gasteiger partial charge on any atom is 0.314 e. The SMILES string of the molecule is CSc1nc(-c2ccc(OC(=O)C3CCCCC3)cc2)c(C#N)c(=O)[nH]1. The van der Waals surface area contributed by atoms with Crippen LogP contribution in [0.3, 0.4) is 0 Å². The van der Waals surface area contributed by atoms with Crippen molar-refractivity contribution in [3.05, 3.63) is 40.2 Å². The van der Waals surface area contributed by atoms with Gasteiger partial charge in [0, 0.05) is 5.56 Å². The van der Waals surface area contributed by atoms with Crippen LogP contribution in [-0.2, 0) is 4.79 Å². The van der Waals surface area contributed by atoms with Crippen LogP contribution < -0.4 is 10.3 Å². The van der Waals surface area contributed by atoms with E-state index in [-0.39, 0.29) is 17.5 Å². The van der Waals surface area contributed by atoms with Gasteiger partial charge < -0.3 is 9.72 Å². The molecule has 0 bridgehead atoms. The third-order valence-corrected chi connectivity index (χ3v) is 5.07. The monoisotopic (exact) mass is 369 g/mol. The Balaban J connectivity index is 1.82. The number of carbonyl (C=O) groups is 1. The molecule has 1 aliphatic carbocycles. The lowest BCUT2D eigenvalue weighted by Crippen LogP contribution is -2.22. The number of hydrogen-bond acceptors (Lipinski definition) is 6. The molecule has 2 aromatic rings. The van der Waals surface area contributed by atoms with Gasteiger partial charge in [0.1, 0.15) is 17.4 Å². The summed E-state index contributed by atoms with van der Waals surface area (Å²) in [5.74, 6) is 0.249. The number of rotatable bonds is 4. The van der Waals surface area contributed by atoms with Crippen molar-refractivity contribution < 1.29 is 9.53 Å². The first-order valence-corrected chi connectivity index (χ1v) is 9.75. The van der Waals surface area contributed by atoms with Crippen LogP contribution in [0.1, 0.15) is 37.7 Å². The second kappa shape index (κ2) is 8.19. The minimum absolute atomic E-state index is 0.0212. The highest BCUT2D eigenvalue weighted by Crippen LogP contribution is 2.27. The van der Waals surface area contributed by atoms with Gasteiger partial charge in [-0.1, -0.05) is 31.0 Å². The summed E-state index contributed by atoms with van der Waals surface area (Å²) in [6, 6.07) is 8.64. The average Bonchev–Trinajstić information content (AvgIpc) is 2.68. The quantitative estimate of drug-likeness (QED) is 0.383. The fraction of sp³-hybridized carbons (Fsp3) is 0.368. The number of hydrogen-bond donors (Lipinski definition) is 1. The fourth-order valence-corrected chi connectivity index (χ4v) is 3.46.